The summed E-state index contributed by atoms with van der Waals surface area (Å²) in [5.41, 5.74) is 2.20. The molecule has 0 bridgehead atoms. The minimum atomic E-state index is -2.57. The smallest absolute Gasteiger partial charge is 0.272 e. The Morgan fingerprint density at radius 1 is 1.17 bits per heavy atom. The van der Waals surface area contributed by atoms with Crippen LogP contribution in [0.2, 0.25) is 0 Å². The van der Waals surface area contributed by atoms with E-state index in [1.165, 1.54) is 6.07 Å². The molecule has 0 spiro atoms. The second-order valence-electron chi connectivity index (χ2n) is 7.46. The summed E-state index contributed by atoms with van der Waals surface area (Å²) in [5.74, 6) is -0.172. The summed E-state index contributed by atoms with van der Waals surface area (Å²) in [6.45, 7) is 4.60. The fraction of sp³-hybridized carbons (Fsp3) is 0.429. The third-order valence-electron chi connectivity index (χ3n) is 4.57. The average molecular weight is 418 g/mol. The summed E-state index contributed by atoms with van der Waals surface area (Å²) in [6, 6.07) is 6.22. The minimum absolute atomic E-state index is 0.00535. The number of anilines is 1. The molecule has 0 radical (unpaired) electrons. The maximum atomic E-state index is 12.7. The maximum Gasteiger partial charge on any atom is 0.272 e. The highest BCUT2D eigenvalue weighted by Gasteiger charge is 2.30. The van der Waals surface area contributed by atoms with E-state index in [0.29, 0.717) is 17.0 Å². The predicted octanol–water partition coefficient (Wildman–Crippen LogP) is 3.58. The molecule has 0 aliphatic heterocycles. The number of benzene rings is 1. The summed E-state index contributed by atoms with van der Waals surface area (Å²) in [6.07, 6.45) is -0.869. The van der Waals surface area contributed by atoms with Gasteiger partial charge < -0.3 is 10.1 Å². The number of alkyl halides is 2. The highest BCUT2D eigenvalue weighted by Crippen LogP contribution is 2.29. The van der Waals surface area contributed by atoms with Crippen molar-refractivity contribution in [3.05, 3.63) is 46.8 Å². The molecule has 9 heteroatoms. The number of rotatable bonds is 8. The van der Waals surface area contributed by atoms with Crippen molar-refractivity contribution in [2.24, 2.45) is 5.92 Å². The van der Waals surface area contributed by atoms with Crippen LogP contribution in [0.3, 0.4) is 0 Å². The van der Waals surface area contributed by atoms with Gasteiger partial charge in [-0.25, -0.2) is 18.7 Å². The molecule has 3 rings (SSSR count). The minimum Gasteiger partial charge on any atom is -0.488 e. The summed E-state index contributed by atoms with van der Waals surface area (Å²) in [5, 5.41) is 5.47. The largest absolute Gasteiger partial charge is 0.488 e. The van der Waals surface area contributed by atoms with Gasteiger partial charge in [-0.05, 0) is 62.9 Å². The molecule has 2 N–H and O–H groups in total. The number of aromatic nitrogens is 2. The molecule has 1 aliphatic rings. The van der Waals surface area contributed by atoms with E-state index in [9.17, 15) is 18.4 Å². The van der Waals surface area contributed by atoms with Crippen LogP contribution in [0.4, 0.5) is 14.7 Å². The van der Waals surface area contributed by atoms with Gasteiger partial charge in [-0.15, -0.1) is 0 Å². The van der Waals surface area contributed by atoms with Crippen LogP contribution in [0.1, 0.15) is 53.1 Å². The van der Waals surface area contributed by atoms with E-state index in [1.807, 2.05) is 13.0 Å². The number of carbonyl (C=O) groups excluding carboxylic acids is 2. The van der Waals surface area contributed by atoms with Crippen molar-refractivity contribution < 1.29 is 23.1 Å². The average Bonchev–Trinajstić information content (AvgIpc) is 3.50. The maximum absolute atomic E-state index is 12.7. The second-order valence-corrected chi connectivity index (χ2v) is 7.46. The lowest BCUT2D eigenvalue weighted by atomic mass is 10.0. The molecule has 0 saturated heterocycles. The number of nitrogens with zero attached hydrogens (tertiary/aromatic N) is 2. The van der Waals surface area contributed by atoms with E-state index in [1.54, 1.807) is 26.0 Å². The normalized spacial score (nSPS) is 14.3. The van der Waals surface area contributed by atoms with Crippen molar-refractivity contribution in [3.8, 4) is 5.75 Å². The van der Waals surface area contributed by atoms with Crippen LogP contribution in [0.5, 0.6) is 5.75 Å². The number of hydrogen-bond acceptors (Lipinski definition) is 5. The van der Waals surface area contributed by atoms with Crippen molar-refractivity contribution >= 4 is 17.8 Å². The summed E-state index contributed by atoms with van der Waals surface area (Å²) < 4.78 is 29.9. The van der Waals surface area contributed by atoms with Gasteiger partial charge in [0, 0.05) is 11.6 Å². The molecule has 1 fully saturated rings. The first-order chi connectivity index (χ1) is 14.2. The van der Waals surface area contributed by atoms with Crippen LogP contribution in [0, 0.1) is 19.8 Å². The first kappa shape index (κ1) is 21.6. The Kier molecular flexibility index (Phi) is 6.59. The molecule has 1 atom stereocenters. The van der Waals surface area contributed by atoms with Crippen LogP contribution >= 0.6 is 0 Å². The first-order valence-electron chi connectivity index (χ1n) is 9.71. The lowest BCUT2D eigenvalue weighted by Crippen LogP contribution is -2.28. The van der Waals surface area contributed by atoms with Gasteiger partial charge in [-0.2, -0.15) is 0 Å². The molecule has 1 saturated carbocycles. The van der Waals surface area contributed by atoms with Gasteiger partial charge in [0.05, 0.1) is 6.04 Å². The van der Waals surface area contributed by atoms with Crippen LogP contribution in [-0.2, 0) is 4.79 Å². The van der Waals surface area contributed by atoms with E-state index in [0.717, 1.165) is 18.4 Å². The lowest BCUT2D eigenvalue weighted by molar-refractivity contribution is -0.117. The molecule has 1 aromatic carbocycles. The standard InChI is InChI=1S/C21H24F2N4O3/c1-11-6-15(9-16(7-11)30-10-18(22)23)13(3)25-20(29)17-8-12(2)24-21(26-17)27-19(28)14-4-5-14/h6-9,13-14,18H,4-5,10H2,1-3H3,(H,25,29)(H,24,26,27,28). The Hall–Kier alpha value is -3.10. The van der Waals surface area contributed by atoms with Crippen LogP contribution in [-0.4, -0.2) is 34.8 Å². The SMILES string of the molecule is Cc1cc(OCC(F)F)cc(C(C)NC(=O)c2cc(C)nc(NC(=O)C3CC3)n2)c1. The highest BCUT2D eigenvalue weighted by atomic mass is 19.3. The van der Waals surface area contributed by atoms with E-state index in [2.05, 4.69) is 20.6 Å². The summed E-state index contributed by atoms with van der Waals surface area (Å²) >= 11 is 0. The molecule has 1 aliphatic carbocycles. The number of aryl methyl sites for hydroxylation is 2. The van der Waals surface area contributed by atoms with Gasteiger partial charge >= 0.3 is 0 Å². The fourth-order valence-electron chi connectivity index (χ4n) is 2.92. The number of halogens is 2. The second kappa shape index (κ2) is 9.15. The number of carbonyl (C=O) groups is 2. The monoisotopic (exact) mass is 418 g/mol. The zero-order valence-corrected chi connectivity index (χ0v) is 17.0. The van der Waals surface area contributed by atoms with Crippen molar-refractivity contribution in [3.63, 3.8) is 0 Å². The first-order valence-corrected chi connectivity index (χ1v) is 9.71. The van der Waals surface area contributed by atoms with Gasteiger partial charge in [0.15, 0.2) is 0 Å². The third kappa shape index (κ3) is 5.95. The van der Waals surface area contributed by atoms with Gasteiger partial charge in [-0.3, -0.25) is 14.9 Å². The zero-order valence-electron chi connectivity index (χ0n) is 17.0. The lowest BCUT2D eigenvalue weighted by Gasteiger charge is -2.17. The van der Waals surface area contributed by atoms with Gasteiger partial charge in [0.25, 0.3) is 12.3 Å². The highest BCUT2D eigenvalue weighted by molar-refractivity contribution is 5.95. The molecule has 30 heavy (non-hydrogen) atoms. The number of hydrogen-bond donors (Lipinski definition) is 2. The Bertz CT molecular complexity index is 948. The van der Waals surface area contributed by atoms with E-state index >= 15 is 0 Å². The molecule has 1 unspecified atom stereocenters. The third-order valence-corrected chi connectivity index (χ3v) is 4.57. The van der Waals surface area contributed by atoms with Crippen LogP contribution in [0.15, 0.2) is 24.3 Å². The zero-order chi connectivity index (χ0) is 21.8. The molecule has 2 aromatic rings. The van der Waals surface area contributed by atoms with E-state index < -0.39 is 25.0 Å². The molecule has 2 amide bonds. The number of ether oxygens (including phenoxy) is 1. The van der Waals surface area contributed by atoms with Crippen molar-refractivity contribution in [1.29, 1.82) is 0 Å². The van der Waals surface area contributed by atoms with Crippen molar-refractivity contribution in [1.82, 2.24) is 15.3 Å². The predicted molar refractivity (Wildman–Crippen MR) is 107 cm³/mol. The number of amides is 2. The summed E-state index contributed by atoms with van der Waals surface area (Å²) in [7, 11) is 0. The molecular formula is C21H24F2N4O3. The van der Waals surface area contributed by atoms with Gasteiger partial charge in [-0.1, -0.05) is 6.07 Å². The van der Waals surface area contributed by atoms with E-state index in [-0.39, 0.29) is 23.5 Å². The van der Waals surface area contributed by atoms with Crippen molar-refractivity contribution in [2.45, 2.75) is 46.1 Å². The fourth-order valence-corrected chi connectivity index (χ4v) is 2.92. The molecule has 1 aromatic heterocycles. The molecular weight excluding hydrogens is 394 g/mol. The van der Waals surface area contributed by atoms with Crippen LogP contribution in [0.25, 0.3) is 0 Å². The number of nitrogens with one attached hydrogen (secondary N) is 2. The van der Waals surface area contributed by atoms with Gasteiger partial charge in [0.2, 0.25) is 11.9 Å². The topological polar surface area (TPSA) is 93.2 Å². The Balaban J connectivity index is 1.70. The molecule has 7 nitrogen and oxygen atoms in total. The van der Waals surface area contributed by atoms with Crippen LogP contribution < -0.4 is 15.4 Å². The Labute approximate surface area is 173 Å². The Morgan fingerprint density at radius 3 is 2.57 bits per heavy atom. The summed E-state index contributed by atoms with van der Waals surface area (Å²) in [4.78, 5) is 33.0. The quantitative estimate of drug-likeness (QED) is 0.684. The molecule has 160 valence electrons. The van der Waals surface area contributed by atoms with Gasteiger partial charge in [0.1, 0.15) is 18.1 Å². The molecule has 1 heterocycles. The Morgan fingerprint density at radius 2 is 1.90 bits per heavy atom. The van der Waals surface area contributed by atoms with E-state index in [4.69, 9.17) is 4.74 Å². The van der Waals surface area contributed by atoms with Crippen molar-refractivity contribution in [2.75, 3.05) is 11.9 Å².